The molecule has 2 aromatic heterocycles. The average Bonchev–Trinajstić information content (AvgIpc) is 4.07. The molecule has 2 aromatic carbocycles. The van der Waals surface area contributed by atoms with E-state index in [0.717, 1.165) is 10.5 Å². The van der Waals surface area contributed by atoms with Crippen LogP contribution in [0.4, 0.5) is 4.79 Å². The van der Waals surface area contributed by atoms with E-state index in [1.807, 2.05) is 36.4 Å². The van der Waals surface area contributed by atoms with Crippen LogP contribution >= 0.6 is 0 Å². The molecule has 59 heavy (non-hydrogen) atoms. The summed E-state index contributed by atoms with van der Waals surface area (Å²) >= 11 is 0. The number of furan rings is 1. The highest BCUT2D eigenvalue weighted by molar-refractivity contribution is 7.91. The van der Waals surface area contributed by atoms with E-state index in [2.05, 4.69) is 16.6 Å². The number of carbonyl (C=O) groups excluding carboxylic acids is 3. The van der Waals surface area contributed by atoms with Gasteiger partial charge in [-0.1, -0.05) is 57.2 Å². The summed E-state index contributed by atoms with van der Waals surface area (Å²) in [5.41, 5.74) is -0.841. The molecule has 2 saturated carbocycles. The number of fused-ring (bicyclic) bond motifs is 3. The van der Waals surface area contributed by atoms with Crippen LogP contribution in [-0.2, 0) is 24.4 Å². The van der Waals surface area contributed by atoms with Crippen molar-refractivity contribution in [3.63, 3.8) is 0 Å². The first-order valence-electron chi connectivity index (χ1n) is 19.6. The fourth-order valence-corrected chi connectivity index (χ4v) is 9.40. The molecule has 3 fully saturated rings. The minimum Gasteiger partial charge on any atom is -0.497 e. The molecule has 1 aliphatic heterocycles. The largest absolute Gasteiger partial charge is 0.497 e. The summed E-state index contributed by atoms with van der Waals surface area (Å²) in [6.45, 7) is 14.0. The van der Waals surface area contributed by atoms with Crippen LogP contribution in [0.15, 0.2) is 71.7 Å². The van der Waals surface area contributed by atoms with Gasteiger partial charge in [0.2, 0.25) is 21.8 Å². The molecule has 4 aromatic rings. The molecule has 3 N–H and O–H groups in total. The lowest BCUT2D eigenvalue weighted by atomic mass is 9.82. The Balaban J connectivity index is 1.29. The maximum atomic E-state index is 15.0. The summed E-state index contributed by atoms with van der Waals surface area (Å²) in [6.07, 6.45) is 0.240. The number of rotatable bonds is 12. The summed E-state index contributed by atoms with van der Waals surface area (Å²) in [5, 5.41) is 13.3. The van der Waals surface area contributed by atoms with Crippen molar-refractivity contribution in [1.82, 2.24) is 24.8 Å². The Morgan fingerprint density at radius 1 is 1.07 bits per heavy atom. The van der Waals surface area contributed by atoms with Crippen LogP contribution in [0.1, 0.15) is 67.2 Å². The maximum absolute atomic E-state index is 15.0. The molecule has 7 rings (SSSR count). The van der Waals surface area contributed by atoms with Gasteiger partial charge in [0, 0.05) is 29.5 Å². The number of nitrogens with one attached hydrogen (secondary N) is 2. The average molecular weight is 830 g/mol. The van der Waals surface area contributed by atoms with Gasteiger partial charge in [0.05, 0.1) is 30.0 Å². The van der Waals surface area contributed by atoms with Crippen molar-refractivity contribution in [3.05, 3.63) is 67.3 Å². The van der Waals surface area contributed by atoms with Crippen molar-refractivity contribution in [2.24, 2.45) is 11.3 Å². The van der Waals surface area contributed by atoms with E-state index in [0.29, 0.717) is 52.1 Å². The molecule has 3 aliphatic rings. The molecule has 16 heteroatoms. The van der Waals surface area contributed by atoms with Gasteiger partial charge in [-0.25, -0.2) is 18.2 Å². The van der Waals surface area contributed by atoms with E-state index in [4.69, 9.17) is 18.9 Å². The van der Waals surface area contributed by atoms with E-state index < -0.39 is 79.7 Å². The lowest BCUT2D eigenvalue weighted by Gasteiger charge is -2.46. The molecule has 0 bridgehead atoms. The number of carboxylic acid groups (broad SMARTS) is 1. The van der Waals surface area contributed by atoms with Crippen LogP contribution in [-0.4, -0.2) is 100 Å². The number of aromatic nitrogens is 1. The van der Waals surface area contributed by atoms with Crippen molar-refractivity contribution in [3.8, 4) is 22.8 Å². The number of methoxy groups -OCH3 is 1. The second-order valence-corrected chi connectivity index (χ2v) is 19.7. The molecule has 15 nitrogen and oxygen atoms in total. The second-order valence-electron chi connectivity index (χ2n) is 17.8. The van der Waals surface area contributed by atoms with Gasteiger partial charge in [0.25, 0.3) is 5.91 Å². The number of sulfonamides is 1. The zero-order chi connectivity index (χ0) is 42.8. The van der Waals surface area contributed by atoms with E-state index in [1.165, 1.54) is 11.0 Å². The Kier molecular flexibility index (Phi) is 10.5. The van der Waals surface area contributed by atoms with Crippen molar-refractivity contribution < 1.29 is 46.6 Å². The van der Waals surface area contributed by atoms with Crippen LogP contribution in [0.3, 0.4) is 0 Å². The zero-order valence-electron chi connectivity index (χ0n) is 34.3. The molecule has 314 valence electrons. The summed E-state index contributed by atoms with van der Waals surface area (Å²) in [7, 11) is -2.39. The maximum Gasteiger partial charge on any atom is 0.408 e. The van der Waals surface area contributed by atoms with Gasteiger partial charge in [-0.05, 0) is 63.6 Å². The Hall–Kier alpha value is -5.64. The van der Waals surface area contributed by atoms with Crippen LogP contribution in [0.25, 0.3) is 33.3 Å². The van der Waals surface area contributed by atoms with Crippen molar-refractivity contribution >= 4 is 55.9 Å². The highest BCUT2D eigenvalue weighted by Gasteiger charge is 2.62. The Bertz CT molecular complexity index is 2450. The van der Waals surface area contributed by atoms with Crippen LogP contribution in [0, 0.1) is 11.3 Å². The lowest BCUT2D eigenvalue weighted by molar-refractivity contribution is -0.148. The highest BCUT2D eigenvalue weighted by atomic mass is 32.2. The number of hydrogen-bond acceptors (Lipinski definition) is 10. The summed E-state index contributed by atoms with van der Waals surface area (Å²) in [4.78, 5) is 63.5. The molecular weight excluding hydrogens is 779 g/mol. The minimum atomic E-state index is -3.95. The Morgan fingerprint density at radius 2 is 1.76 bits per heavy atom. The standard InChI is InChI=1S/C43H51N5O10S/c1-9-25-22-43(25,39(51)46-59(54,55)28-16-17-28)45-37(49)31-20-27(23-47(31)38(50)36(41(2,3)4)48(40(52)53)42(5,6)7)57-33-21-30(24-13-11-10-12-14-24)44-34-29-19-26(56-8)15-18-32(29)58-35(33)34/h9-15,18-19,21,25,27-28,31,36H,1,16-17,20,22-23H2,2-8H3,(H,45,49)(H,46,51)(H,52,53)/t25-,27-,31+,36?,43-/m1/s1. The number of hydrogen-bond donors (Lipinski definition) is 3. The van der Waals surface area contributed by atoms with Crippen molar-refractivity contribution in [2.45, 2.75) is 102 Å². The first-order valence-corrected chi connectivity index (χ1v) is 21.2. The monoisotopic (exact) mass is 829 g/mol. The fraction of sp³-hybridized carbons (Fsp3) is 0.465. The van der Waals surface area contributed by atoms with Crippen molar-refractivity contribution in [2.75, 3.05) is 13.7 Å². The number of ether oxygens (including phenoxy) is 2. The van der Waals surface area contributed by atoms with Gasteiger partial charge in [-0.3, -0.25) is 24.0 Å². The number of pyridine rings is 1. The summed E-state index contributed by atoms with van der Waals surface area (Å²) < 4.78 is 46.4. The molecule has 1 saturated heterocycles. The first kappa shape index (κ1) is 41.5. The Morgan fingerprint density at radius 3 is 2.34 bits per heavy atom. The number of nitrogens with zero attached hydrogens (tertiary/aromatic N) is 3. The quantitative estimate of drug-likeness (QED) is 0.145. The molecular formula is C43H51N5O10S. The number of benzene rings is 2. The third kappa shape index (κ3) is 7.94. The van der Waals surface area contributed by atoms with E-state index in [-0.39, 0.29) is 19.4 Å². The second kappa shape index (κ2) is 14.9. The van der Waals surface area contributed by atoms with Gasteiger partial charge in [-0.2, -0.15) is 0 Å². The molecule has 0 radical (unpaired) electrons. The Labute approximate surface area is 343 Å². The predicted molar refractivity (Wildman–Crippen MR) is 220 cm³/mol. The molecule has 3 heterocycles. The number of likely N-dealkylation sites (tertiary alicyclic amines) is 1. The molecule has 5 atom stereocenters. The number of amides is 4. The van der Waals surface area contributed by atoms with Crippen LogP contribution in [0.2, 0.25) is 0 Å². The fourth-order valence-electron chi connectivity index (χ4n) is 8.04. The molecule has 2 aliphatic carbocycles. The molecule has 0 spiro atoms. The molecule has 4 amide bonds. The van der Waals surface area contributed by atoms with Crippen LogP contribution < -0.4 is 19.5 Å². The van der Waals surface area contributed by atoms with Gasteiger partial charge < -0.3 is 29.2 Å². The smallest absolute Gasteiger partial charge is 0.408 e. The van der Waals surface area contributed by atoms with E-state index in [1.54, 1.807) is 66.9 Å². The third-order valence-corrected chi connectivity index (χ3v) is 13.1. The predicted octanol–water partition coefficient (Wildman–Crippen LogP) is 5.87. The van der Waals surface area contributed by atoms with Crippen LogP contribution in [0.5, 0.6) is 11.5 Å². The normalized spacial score (nSPS) is 22.4. The first-order chi connectivity index (χ1) is 27.7. The minimum absolute atomic E-state index is 0.0631. The topological polar surface area (TPSA) is 198 Å². The van der Waals surface area contributed by atoms with Gasteiger partial charge in [-0.15, -0.1) is 6.58 Å². The van der Waals surface area contributed by atoms with E-state index in [9.17, 15) is 27.9 Å². The highest BCUT2D eigenvalue weighted by Crippen LogP contribution is 2.46. The van der Waals surface area contributed by atoms with Gasteiger partial charge in [0.1, 0.15) is 40.6 Å². The van der Waals surface area contributed by atoms with E-state index >= 15 is 4.79 Å². The van der Waals surface area contributed by atoms with Gasteiger partial charge >= 0.3 is 6.09 Å². The summed E-state index contributed by atoms with van der Waals surface area (Å²) in [5.74, 6) is -1.91. The zero-order valence-corrected chi connectivity index (χ0v) is 35.1. The SMILES string of the molecule is C=C[C@@H]1C[C@]1(NC(=O)[C@@H]1C[C@@H](Oc2cc(-c3ccccc3)nc3c2oc2ccc(OC)cc23)CN1C(=O)C(N(C(=O)O)C(C)(C)C)C(C)(C)C)C(=O)NS(=O)(=O)C1CC1. The molecule has 1 unspecified atom stereocenters. The van der Waals surface area contributed by atoms with Gasteiger partial charge in [0.15, 0.2) is 11.3 Å². The summed E-state index contributed by atoms with van der Waals surface area (Å²) in [6, 6.07) is 14.1. The number of carbonyl (C=O) groups is 4. The third-order valence-electron chi connectivity index (χ3n) is 11.3. The van der Waals surface area contributed by atoms with Crippen molar-refractivity contribution in [1.29, 1.82) is 0 Å². The lowest BCUT2D eigenvalue weighted by Crippen LogP contribution is -2.64.